The molecule has 3 aromatic carbocycles. The Labute approximate surface area is 220 Å². The van der Waals surface area contributed by atoms with E-state index in [0.29, 0.717) is 12.1 Å². The van der Waals surface area contributed by atoms with E-state index in [1.54, 1.807) is 0 Å². The number of carbonyl (C=O) groups excluding carboxylic acids is 1. The monoisotopic (exact) mass is 532 g/mol. The van der Waals surface area contributed by atoms with Gasteiger partial charge in [0.2, 0.25) is 0 Å². The normalized spacial score (nSPS) is 22.7. The lowest BCUT2D eigenvalue weighted by Gasteiger charge is -2.54. The molecule has 0 aliphatic carbocycles. The van der Waals surface area contributed by atoms with Crippen LogP contribution in [0.25, 0.3) is 0 Å². The van der Waals surface area contributed by atoms with Crippen molar-refractivity contribution in [3.63, 3.8) is 0 Å². The van der Waals surface area contributed by atoms with Crippen molar-refractivity contribution in [2.75, 3.05) is 20.6 Å². The van der Waals surface area contributed by atoms with Gasteiger partial charge in [0.15, 0.2) is 0 Å². The van der Waals surface area contributed by atoms with Crippen molar-refractivity contribution in [3.05, 3.63) is 108 Å². The molecule has 3 nitrogen and oxygen atoms in total. The van der Waals surface area contributed by atoms with Gasteiger partial charge in [-0.3, -0.25) is 4.79 Å². The van der Waals surface area contributed by atoms with Gasteiger partial charge in [-0.25, -0.2) is 0 Å². The van der Waals surface area contributed by atoms with Gasteiger partial charge < -0.3 is 26.8 Å². The Balaban J connectivity index is 0.00000289. The van der Waals surface area contributed by atoms with E-state index in [-0.39, 0.29) is 33.8 Å². The Hall–Kier alpha value is -2.43. The predicted molar refractivity (Wildman–Crippen MR) is 139 cm³/mol. The first-order valence-corrected chi connectivity index (χ1v) is 12.8. The number of quaternary nitrogens is 1. The summed E-state index contributed by atoms with van der Waals surface area (Å²) in [5, 5.41) is 3.36. The zero-order valence-electron chi connectivity index (χ0n) is 20.9. The summed E-state index contributed by atoms with van der Waals surface area (Å²) in [5.74, 6) is -0.00368. The molecule has 2 saturated heterocycles. The van der Waals surface area contributed by atoms with E-state index in [1.165, 1.54) is 43.2 Å². The molecule has 0 radical (unpaired) electrons. The maximum atomic E-state index is 13.2. The summed E-state index contributed by atoms with van der Waals surface area (Å²) >= 11 is 0. The summed E-state index contributed by atoms with van der Waals surface area (Å²) in [6.45, 7) is 0.584. The van der Waals surface area contributed by atoms with E-state index in [4.69, 9.17) is 0 Å². The van der Waals surface area contributed by atoms with Crippen molar-refractivity contribution in [2.45, 2.75) is 55.5 Å². The molecule has 1 amide bonds. The molecule has 5 rings (SSSR count). The summed E-state index contributed by atoms with van der Waals surface area (Å²) < 4.78 is 1.10. The number of piperidine rings is 1. The van der Waals surface area contributed by atoms with Crippen molar-refractivity contribution in [1.29, 1.82) is 0 Å². The van der Waals surface area contributed by atoms with Gasteiger partial charge in [0.25, 0.3) is 5.91 Å². The maximum absolute atomic E-state index is 13.2. The number of benzene rings is 3. The molecule has 2 aliphatic rings. The van der Waals surface area contributed by atoms with Crippen LogP contribution in [0.15, 0.2) is 91.0 Å². The van der Waals surface area contributed by atoms with Crippen molar-refractivity contribution < 1.29 is 26.3 Å². The van der Waals surface area contributed by atoms with E-state index in [9.17, 15) is 4.79 Å². The minimum absolute atomic E-state index is 0. The number of amides is 1. The topological polar surface area (TPSA) is 29.1 Å². The maximum Gasteiger partial charge on any atom is 0.251 e. The molecule has 2 fully saturated rings. The van der Waals surface area contributed by atoms with Gasteiger partial charge in [0.05, 0.1) is 20.1 Å². The van der Waals surface area contributed by atoms with Crippen LogP contribution in [0.1, 0.15) is 60.0 Å². The van der Waals surface area contributed by atoms with Crippen LogP contribution in [0.3, 0.4) is 0 Å². The minimum Gasteiger partial charge on any atom is -1.00 e. The molecule has 2 unspecified atom stereocenters. The smallest absolute Gasteiger partial charge is 0.251 e. The minimum atomic E-state index is -0.297. The lowest BCUT2D eigenvalue weighted by molar-refractivity contribution is -0.956. The summed E-state index contributed by atoms with van der Waals surface area (Å²) in [7, 11) is 4.92. The Morgan fingerprint density at radius 3 is 1.97 bits per heavy atom. The zero-order chi connectivity index (χ0) is 23.7. The third-order valence-corrected chi connectivity index (χ3v) is 9.13. The Bertz CT molecular complexity index is 1070. The molecule has 0 spiro atoms. The third-order valence-electron chi connectivity index (χ3n) is 9.13. The number of nitrogens with zero attached hydrogens (tertiary/aromatic N) is 1. The van der Waals surface area contributed by atoms with Crippen molar-refractivity contribution in [1.82, 2.24) is 5.32 Å². The van der Waals surface area contributed by atoms with Crippen LogP contribution in [0, 0.1) is 0 Å². The fraction of sp³-hybridized carbons (Fsp3) is 0.387. The zero-order valence-corrected chi connectivity index (χ0v) is 22.5. The second kappa shape index (κ2) is 10.3. The van der Waals surface area contributed by atoms with Crippen LogP contribution in [-0.2, 0) is 5.41 Å². The number of hydrogen-bond donors (Lipinski definition) is 1. The number of carbonyl (C=O) groups is 1. The highest BCUT2D eigenvalue weighted by Gasteiger charge is 2.60. The number of halogens is 1. The SMILES string of the molecule is C[N+]1(C)C2CCCC1(CC(CNC(=O)c1ccccc1)(c1ccccc1)c1ccccc1)CC2.[Br-]. The average Bonchev–Trinajstić information content (AvgIpc) is 3.02. The standard InChI is InChI=1S/C31H36N2O.BrH/c1-33(2)28-19-12-21-30(33,22-20-28)23-31(26-15-8-4-9-16-26,27-17-10-5-11-18-27)24-32-29(34)25-13-6-3-7-14-25;/h3-11,13-18,28H,12,19-24H2,1-2H3;1H. The lowest BCUT2D eigenvalue weighted by Crippen LogP contribution is -3.00. The first kappa shape index (κ1) is 25.7. The summed E-state index contributed by atoms with van der Waals surface area (Å²) in [5.41, 5.74) is 3.21. The van der Waals surface area contributed by atoms with Crippen molar-refractivity contribution in [2.24, 2.45) is 0 Å². The molecule has 0 aromatic heterocycles. The Morgan fingerprint density at radius 2 is 1.40 bits per heavy atom. The number of hydrogen-bond acceptors (Lipinski definition) is 1. The van der Waals surface area contributed by atoms with Gasteiger partial charge in [0, 0.05) is 43.2 Å². The van der Waals surface area contributed by atoms with E-state index < -0.39 is 0 Å². The number of nitrogens with one attached hydrogen (secondary N) is 1. The fourth-order valence-electron chi connectivity index (χ4n) is 7.00. The molecule has 0 saturated carbocycles. The van der Waals surface area contributed by atoms with Crippen LogP contribution in [0.4, 0.5) is 0 Å². The highest BCUT2D eigenvalue weighted by Crippen LogP contribution is 2.54. The molecule has 2 aliphatic heterocycles. The van der Waals surface area contributed by atoms with Gasteiger partial charge in [-0.2, -0.15) is 0 Å². The van der Waals surface area contributed by atoms with Gasteiger partial charge in [0.1, 0.15) is 5.54 Å². The first-order chi connectivity index (χ1) is 16.5. The first-order valence-electron chi connectivity index (χ1n) is 12.8. The van der Waals surface area contributed by atoms with Crippen LogP contribution in [0.2, 0.25) is 0 Å². The van der Waals surface area contributed by atoms with Crippen molar-refractivity contribution in [3.8, 4) is 0 Å². The summed E-state index contributed by atoms with van der Waals surface area (Å²) in [4.78, 5) is 13.2. The van der Waals surface area contributed by atoms with Gasteiger partial charge in [-0.1, -0.05) is 78.9 Å². The van der Waals surface area contributed by atoms with E-state index >= 15 is 0 Å². The highest BCUT2D eigenvalue weighted by molar-refractivity contribution is 5.94. The van der Waals surface area contributed by atoms with Gasteiger partial charge in [-0.05, 0) is 36.1 Å². The second-order valence-corrected chi connectivity index (χ2v) is 10.9. The molecule has 2 heterocycles. The van der Waals surface area contributed by atoms with Gasteiger partial charge >= 0.3 is 0 Å². The largest absolute Gasteiger partial charge is 1.00 e. The fourth-order valence-corrected chi connectivity index (χ4v) is 7.00. The molecule has 2 atom stereocenters. The molecule has 35 heavy (non-hydrogen) atoms. The van der Waals surface area contributed by atoms with Crippen LogP contribution in [0.5, 0.6) is 0 Å². The highest BCUT2D eigenvalue weighted by atomic mass is 79.9. The van der Waals surface area contributed by atoms with Crippen LogP contribution < -0.4 is 22.3 Å². The molecule has 184 valence electrons. The number of rotatable bonds is 7. The van der Waals surface area contributed by atoms with Gasteiger partial charge in [-0.15, -0.1) is 0 Å². The molecule has 3 aromatic rings. The quantitative estimate of drug-likeness (QED) is 0.465. The Morgan fingerprint density at radius 1 is 0.857 bits per heavy atom. The van der Waals surface area contributed by atoms with Crippen molar-refractivity contribution >= 4 is 5.91 Å². The van der Waals surface area contributed by atoms with Crippen LogP contribution in [-0.4, -0.2) is 42.6 Å². The third kappa shape index (κ3) is 4.59. The molecule has 2 bridgehead atoms. The average molecular weight is 534 g/mol. The molecule has 1 N–H and O–H groups in total. The second-order valence-electron chi connectivity index (χ2n) is 10.9. The molecule has 4 heteroatoms. The Kier molecular flexibility index (Phi) is 7.54. The molecular weight excluding hydrogens is 496 g/mol. The number of fused-ring (bicyclic) bond motifs is 2. The summed E-state index contributed by atoms with van der Waals surface area (Å²) in [6.07, 6.45) is 7.50. The lowest BCUT2D eigenvalue weighted by atomic mass is 9.64. The van der Waals surface area contributed by atoms with Crippen LogP contribution >= 0.6 is 0 Å². The van der Waals surface area contributed by atoms with E-state index in [0.717, 1.165) is 16.9 Å². The molecular formula is C31H37BrN2O. The predicted octanol–water partition coefficient (Wildman–Crippen LogP) is 2.96. The van der Waals surface area contributed by atoms with E-state index in [1.807, 2.05) is 30.3 Å². The van der Waals surface area contributed by atoms with E-state index in [2.05, 4.69) is 80.1 Å². The summed E-state index contributed by atoms with van der Waals surface area (Å²) in [6, 6.07) is 32.1.